The fourth-order valence-corrected chi connectivity index (χ4v) is 4.45. The third-order valence-electron chi connectivity index (χ3n) is 4.44. The van der Waals surface area contributed by atoms with Gasteiger partial charge in [-0.15, -0.1) is 0 Å². The van der Waals surface area contributed by atoms with Gasteiger partial charge in [0.15, 0.2) is 0 Å². The number of anilines is 1. The van der Waals surface area contributed by atoms with E-state index < -0.39 is 28.2 Å². The minimum atomic E-state index is -4.04. The Morgan fingerprint density at radius 1 is 1.21 bits per heavy atom. The molecule has 1 aliphatic rings. The smallest absolute Gasteiger partial charge is 0.411 e. The molecule has 1 heterocycles. The molecule has 0 aliphatic carbocycles. The normalized spacial score (nSPS) is 16.6. The molecule has 1 fully saturated rings. The molecule has 0 bridgehead atoms. The van der Waals surface area contributed by atoms with Crippen LogP contribution in [0.15, 0.2) is 53.4 Å². The average molecular weight is 417 g/mol. The second-order valence-electron chi connectivity index (χ2n) is 7.00. The van der Waals surface area contributed by atoms with Crippen molar-refractivity contribution in [3.8, 4) is 0 Å². The number of aryl methyl sites for hydroxylation is 1. The quantitative estimate of drug-likeness (QED) is 0.776. The predicted molar refractivity (Wildman–Crippen MR) is 108 cm³/mol. The zero-order chi connectivity index (χ0) is 21.2. The number of nitrogens with one attached hydrogen (secondary N) is 2. The highest BCUT2D eigenvalue weighted by atomic mass is 32.2. The minimum Gasteiger partial charge on any atom is -0.447 e. The van der Waals surface area contributed by atoms with E-state index in [0.717, 1.165) is 9.87 Å². The summed E-state index contributed by atoms with van der Waals surface area (Å²) in [5.74, 6) is 0. The van der Waals surface area contributed by atoms with Crippen LogP contribution in [0.5, 0.6) is 0 Å². The van der Waals surface area contributed by atoms with Crippen LogP contribution in [0.2, 0.25) is 0 Å². The van der Waals surface area contributed by atoms with Crippen LogP contribution in [0.4, 0.5) is 15.3 Å². The molecule has 1 saturated heterocycles. The first-order valence-corrected chi connectivity index (χ1v) is 10.6. The Labute approximate surface area is 169 Å². The lowest BCUT2D eigenvalue weighted by Gasteiger charge is -2.17. The van der Waals surface area contributed by atoms with E-state index in [2.05, 4.69) is 10.6 Å². The van der Waals surface area contributed by atoms with Crippen molar-refractivity contribution >= 4 is 27.8 Å². The second-order valence-corrected chi connectivity index (χ2v) is 8.87. The zero-order valence-electron chi connectivity index (χ0n) is 16.4. The maximum absolute atomic E-state index is 13.0. The Morgan fingerprint density at radius 2 is 1.90 bits per heavy atom. The molecule has 0 spiro atoms. The molecule has 9 heteroatoms. The summed E-state index contributed by atoms with van der Waals surface area (Å²) < 4.78 is 31.9. The Bertz CT molecular complexity index is 1020. The standard InChI is InChI=1S/C20H23N3O5S/c1-13(2)28-20(25)22-17-10-9-16(11-14(17)3)29(26,27)23-12-18(21-19(23)24)15-7-5-4-6-8-15/h4-11,13,18H,12H2,1-3H3,(H,21,24)(H,22,25)/t18-/m1/s1. The summed E-state index contributed by atoms with van der Waals surface area (Å²) in [6.45, 7) is 5.13. The van der Waals surface area contributed by atoms with Gasteiger partial charge in [-0.1, -0.05) is 30.3 Å². The Morgan fingerprint density at radius 3 is 2.52 bits per heavy atom. The molecule has 1 atom stereocenters. The van der Waals surface area contributed by atoms with Crippen molar-refractivity contribution in [2.24, 2.45) is 0 Å². The molecule has 0 radical (unpaired) electrons. The number of nitrogens with zero attached hydrogens (tertiary/aromatic N) is 1. The van der Waals surface area contributed by atoms with Gasteiger partial charge in [-0.3, -0.25) is 5.32 Å². The number of carbonyl (C=O) groups excluding carboxylic acids is 2. The second kappa shape index (κ2) is 8.12. The van der Waals surface area contributed by atoms with Crippen molar-refractivity contribution in [3.63, 3.8) is 0 Å². The highest BCUT2D eigenvalue weighted by Crippen LogP contribution is 2.28. The molecule has 2 N–H and O–H groups in total. The van der Waals surface area contributed by atoms with Crippen molar-refractivity contribution in [1.82, 2.24) is 9.62 Å². The van der Waals surface area contributed by atoms with Gasteiger partial charge in [0, 0.05) is 5.69 Å². The van der Waals surface area contributed by atoms with Crippen LogP contribution in [0.1, 0.15) is 31.0 Å². The van der Waals surface area contributed by atoms with Crippen molar-refractivity contribution in [1.29, 1.82) is 0 Å². The third kappa shape index (κ3) is 4.51. The van der Waals surface area contributed by atoms with Crippen molar-refractivity contribution in [2.75, 3.05) is 11.9 Å². The summed E-state index contributed by atoms with van der Waals surface area (Å²) in [6.07, 6.45) is -0.899. The lowest BCUT2D eigenvalue weighted by Crippen LogP contribution is -2.34. The Hall–Kier alpha value is -3.07. The summed E-state index contributed by atoms with van der Waals surface area (Å²) in [4.78, 5) is 24.1. The number of urea groups is 1. The van der Waals surface area contributed by atoms with Crippen LogP contribution in [-0.4, -0.2) is 37.5 Å². The van der Waals surface area contributed by atoms with Gasteiger partial charge in [-0.05, 0) is 50.1 Å². The van der Waals surface area contributed by atoms with E-state index in [4.69, 9.17) is 4.74 Å². The molecule has 0 aromatic heterocycles. The molecular weight excluding hydrogens is 394 g/mol. The molecule has 0 saturated carbocycles. The number of benzene rings is 2. The van der Waals surface area contributed by atoms with Gasteiger partial charge >= 0.3 is 12.1 Å². The summed E-state index contributed by atoms with van der Waals surface area (Å²) >= 11 is 0. The minimum absolute atomic E-state index is 0.00490. The van der Waals surface area contributed by atoms with Crippen LogP contribution < -0.4 is 10.6 Å². The molecule has 1 aliphatic heterocycles. The first kappa shape index (κ1) is 20.7. The van der Waals surface area contributed by atoms with Gasteiger partial charge in [0.25, 0.3) is 10.0 Å². The van der Waals surface area contributed by atoms with Crippen LogP contribution in [0, 0.1) is 6.92 Å². The lowest BCUT2D eigenvalue weighted by molar-refractivity contribution is 0.130. The van der Waals surface area contributed by atoms with Gasteiger partial charge in [0.1, 0.15) is 0 Å². The van der Waals surface area contributed by atoms with Gasteiger partial charge < -0.3 is 10.1 Å². The molecule has 8 nitrogen and oxygen atoms in total. The fourth-order valence-electron chi connectivity index (χ4n) is 3.01. The van der Waals surface area contributed by atoms with E-state index in [-0.39, 0.29) is 17.5 Å². The Kier molecular flexibility index (Phi) is 5.78. The lowest BCUT2D eigenvalue weighted by atomic mass is 10.1. The number of carbonyl (C=O) groups is 2. The van der Waals surface area contributed by atoms with Crippen LogP contribution >= 0.6 is 0 Å². The molecule has 2 aromatic carbocycles. The van der Waals surface area contributed by atoms with Gasteiger partial charge in [-0.2, -0.15) is 0 Å². The SMILES string of the molecule is Cc1cc(S(=O)(=O)N2C[C@H](c3ccccc3)NC2=O)ccc1NC(=O)OC(C)C. The first-order chi connectivity index (χ1) is 13.7. The van der Waals surface area contributed by atoms with E-state index >= 15 is 0 Å². The van der Waals surface area contributed by atoms with Crippen molar-refractivity contribution in [3.05, 3.63) is 59.7 Å². The summed E-state index contributed by atoms with van der Waals surface area (Å²) in [5, 5.41) is 5.28. The number of ether oxygens (including phenoxy) is 1. The molecular formula is C20H23N3O5S. The van der Waals surface area contributed by atoms with Gasteiger partial charge in [0.05, 0.1) is 23.6 Å². The van der Waals surface area contributed by atoms with Crippen molar-refractivity contribution < 1.29 is 22.7 Å². The monoisotopic (exact) mass is 417 g/mol. The fraction of sp³-hybridized carbons (Fsp3) is 0.300. The van der Waals surface area contributed by atoms with Gasteiger partial charge in [0.2, 0.25) is 0 Å². The molecule has 154 valence electrons. The maximum atomic E-state index is 13.0. The Balaban J connectivity index is 1.80. The van der Waals surface area contributed by atoms with Crippen LogP contribution in [0.25, 0.3) is 0 Å². The third-order valence-corrected chi connectivity index (χ3v) is 6.18. The molecule has 3 amide bonds. The van der Waals surface area contributed by atoms with Crippen LogP contribution in [-0.2, 0) is 14.8 Å². The molecule has 0 unspecified atom stereocenters. The summed E-state index contributed by atoms with van der Waals surface area (Å²) in [5.41, 5.74) is 1.80. The predicted octanol–water partition coefficient (Wildman–Crippen LogP) is 3.41. The number of hydrogen-bond donors (Lipinski definition) is 2. The van der Waals surface area contributed by atoms with E-state index in [9.17, 15) is 18.0 Å². The highest BCUT2D eigenvalue weighted by molar-refractivity contribution is 7.89. The highest BCUT2D eigenvalue weighted by Gasteiger charge is 2.38. The van der Waals surface area contributed by atoms with E-state index in [0.29, 0.717) is 11.3 Å². The number of sulfonamides is 1. The molecule has 29 heavy (non-hydrogen) atoms. The van der Waals surface area contributed by atoms with E-state index in [1.54, 1.807) is 20.8 Å². The summed E-state index contributed by atoms with van der Waals surface area (Å²) in [7, 11) is -4.04. The van der Waals surface area contributed by atoms with E-state index in [1.807, 2.05) is 30.3 Å². The average Bonchev–Trinajstić information content (AvgIpc) is 3.06. The topological polar surface area (TPSA) is 105 Å². The number of hydrogen-bond acceptors (Lipinski definition) is 5. The zero-order valence-corrected chi connectivity index (χ0v) is 17.2. The van der Waals surface area contributed by atoms with E-state index in [1.165, 1.54) is 18.2 Å². The van der Waals surface area contributed by atoms with Crippen LogP contribution in [0.3, 0.4) is 0 Å². The molecule has 2 aromatic rings. The largest absolute Gasteiger partial charge is 0.447 e. The maximum Gasteiger partial charge on any atom is 0.411 e. The number of rotatable bonds is 5. The first-order valence-electron chi connectivity index (χ1n) is 9.15. The summed E-state index contributed by atoms with van der Waals surface area (Å²) in [6, 6.07) is 12.4. The van der Waals surface area contributed by atoms with Crippen molar-refractivity contribution in [2.45, 2.75) is 37.8 Å². The number of amides is 3. The van der Waals surface area contributed by atoms with Gasteiger partial charge in [-0.25, -0.2) is 22.3 Å². The molecule has 3 rings (SSSR count).